The molecule has 8 aromatic rings. The first-order valence-electron chi connectivity index (χ1n) is 25.8. The van der Waals surface area contributed by atoms with Crippen molar-refractivity contribution in [1.29, 1.82) is 0 Å². The minimum absolute atomic E-state index is 0.00473. The summed E-state index contributed by atoms with van der Waals surface area (Å²) in [6.45, 7) is 38.5. The lowest BCUT2D eigenvalue weighted by Gasteiger charge is -2.44. The zero-order valence-corrected chi connectivity index (χ0v) is 46.0. The second-order valence-corrected chi connectivity index (χ2v) is 28.3. The van der Waals surface area contributed by atoms with Crippen molar-refractivity contribution < 1.29 is 0 Å². The van der Waals surface area contributed by atoms with Crippen molar-refractivity contribution in [2.75, 3.05) is 10.2 Å². The number of rotatable bonds is 4. The van der Waals surface area contributed by atoms with Gasteiger partial charge in [0.2, 0.25) is 0 Å². The maximum atomic E-state index is 4.23. The van der Waals surface area contributed by atoms with Crippen molar-refractivity contribution in [2.24, 2.45) is 0 Å². The molecule has 0 saturated heterocycles. The fourth-order valence-electron chi connectivity index (χ4n) is 12.5. The third-order valence-electron chi connectivity index (χ3n) is 17.1. The van der Waals surface area contributed by atoms with E-state index in [0.717, 1.165) is 0 Å². The lowest BCUT2D eigenvalue weighted by Crippen LogP contribution is -2.34. The fraction of sp³-hybridized carbons (Fsp3) is 0.415. The van der Waals surface area contributed by atoms with Crippen LogP contribution in [0.15, 0.2) is 97.1 Å². The highest BCUT2D eigenvalue weighted by atomic mass is 32.1. The highest BCUT2D eigenvalue weighted by Gasteiger charge is 2.43. The average Bonchev–Trinajstić information content (AvgIpc) is 3.84. The second-order valence-electron chi connectivity index (χ2n) is 26.2. The maximum absolute atomic E-state index is 4.23. The smallest absolute Gasteiger partial charge is 0.0689 e. The Morgan fingerprint density at radius 1 is 0.536 bits per heavy atom. The lowest BCUT2D eigenvalue weighted by atomic mass is 9.62. The third kappa shape index (κ3) is 7.43. The molecule has 0 fully saturated rings. The molecule has 1 unspecified atom stereocenters. The Balaban J connectivity index is 1.26. The van der Waals surface area contributed by atoms with Crippen LogP contribution < -0.4 is 10.2 Å². The summed E-state index contributed by atoms with van der Waals surface area (Å²) in [4.78, 5) is 4.15. The SMILES string of the molecule is Cc1cc(Nc2ccc3c(c2)C(C)(C)CCC3(C)C)c2c(c1)N(c1cccc3sc4ccc(C(C)(C)C)cc4c13)c1c(sc3ccc(C(C)(C)C)cc13)C2c1cc2c(cc1C)C(C)(C)CCC2(C)C. The molecule has 0 saturated carbocycles. The van der Waals surface area contributed by atoms with E-state index >= 15 is 0 Å². The van der Waals surface area contributed by atoms with E-state index in [4.69, 9.17) is 0 Å². The predicted octanol–water partition coefficient (Wildman–Crippen LogP) is 19.9. The second kappa shape index (κ2) is 15.3. The molecular formula is C65H74N2S2. The van der Waals surface area contributed by atoms with Crippen LogP contribution >= 0.6 is 22.7 Å². The molecule has 1 N–H and O–H groups in total. The van der Waals surface area contributed by atoms with Gasteiger partial charge in [-0.05, 0) is 183 Å². The molecule has 2 aliphatic carbocycles. The van der Waals surface area contributed by atoms with Crippen LogP contribution in [-0.4, -0.2) is 0 Å². The van der Waals surface area contributed by atoms with E-state index < -0.39 is 0 Å². The van der Waals surface area contributed by atoms with E-state index in [1.165, 1.54) is 145 Å². The Morgan fingerprint density at radius 2 is 1.10 bits per heavy atom. The van der Waals surface area contributed by atoms with Crippen LogP contribution in [0.5, 0.6) is 0 Å². The molecule has 3 heterocycles. The van der Waals surface area contributed by atoms with Crippen molar-refractivity contribution in [3.05, 3.63) is 158 Å². The molecule has 2 aromatic heterocycles. The highest BCUT2D eigenvalue weighted by molar-refractivity contribution is 7.26. The third-order valence-corrected chi connectivity index (χ3v) is 19.5. The summed E-state index contributed by atoms with van der Waals surface area (Å²) in [7, 11) is 0. The predicted molar refractivity (Wildman–Crippen MR) is 304 cm³/mol. The van der Waals surface area contributed by atoms with Gasteiger partial charge in [-0.3, -0.25) is 0 Å². The summed E-state index contributed by atoms with van der Waals surface area (Å²) in [5.74, 6) is -0.00473. The minimum atomic E-state index is -0.00739. The Morgan fingerprint density at radius 3 is 1.72 bits per heavy atom. The monoisotopic (exact) mass is 947 g/mol. The molecular weight excluding hydrogens is 873 g/mol. The van der Waals surface area contributed by atoms with Crippen LogP contribution in [0, 0.1) is 13.8 Å². The number of nitrogens with zero attached hydrogens (tertiary/aromatic N) is 1. The van der Waals surface area contributed by atoms with Gasteiger partial charge in [0, 0.05) is 58.0 Å². The number of nitrogens with one attached hydrogen (secondary N) is 1. The fourth-order valence-corrected chi connectivity index (χ4v) is 14.9. The van der Waals surface area contributed by atoms with Crippen LogP contribution in [0.3, 0.4) is 0 Å². The number of hydrogen-bond acceptors (Lipinski definition) is 4. The number of fused-ring (bicyclic) bond motifs is 9. The molecule has 2 nitrogen and oxygen atoms in total. The van der Waals surface area contributed by atoms with Gasteiger partial charge in [0.1, 0.15) is 0 Å². The van der Waals surface area contributed by atoms with Gasteiger partial charge in [0.15, 0.2) is 0 Å². The van der Waals surface area contributed by atoms with Gasteiger partial charge in [-0.2, -0.15) is 0 Å². The standard InChI is InChI=1S/C65H74N2S2/c1-37-30-49(66-41-22-23-45-47(35-41)64(13,14)27-26-62(45,9)10)57-51(31-37)67(50-18-17-19-54-55(50)43-33-39(60(3,4)5)20-24-52(43)68-54)58-44-34-40(61(6,7)8)21-25-53(44)69-59(58)56(57)42-36-48-46(32-38(42)2)63(11,12)28-29-65(48,15)16/h17-25,30-36,56,66H,26-29H2,1-16H3. The summed E-state index contributed by atoms with van der Waals surface area (Å²) in [6.07, 6.45) is 4.77. The topological polar surface area (TPSA) is 15.3 Å². The number of thiophene rings is 2. The maximum Gasteiger partial charge on any atom is 0.0689 e. The van der Waals surface area contributed by atoms with Crippen molar-refractivity contribution in [3.8, 4) is 0 Å². The van der Waals surface area contributed by atoms with E-state index in [0.29, 0.717) is 0 Å². The molecule has 356 valence electrons. The summed E-state index contributed by atoms with van der Waals surface area (Å²) < 4.78 is 4.01. The first kappa shape index (κ1) is 46.5. The van der Waals surface area contributed by atoms with E-state index in [2.05, 4.69) is 218 Å². The molecule has 3 aliphatic rings. The number of anilines is 5. The van der Waals surface area contributed by atoms with Gasteiger partial charge in [-0.25, -0.2) is 0 Å². The van der Waals surface area contributed by atoms with E-state index in [9.17, 15) is 0 Å². The molecule has 0 radical (unpaired) electrons. The summed E-state index contributed by atoms with van der Waals surface area (Å²) in [5, 5.41) is 8.26. The normalized spacial score (nSPS) is 19.1. The van der Waals surface area contributed by atoms with Crippen molar-refractivity contribution in [1.82, 2.24) is 0 Å². The number of hydrogen-bond donors (Lipinski definition) is 1. The quantitative estimate of drug-likeness (QED) is 0.189. The molecule has 1 atom stereocenters. The Labute approximate surface area is 421 Å². The van der Waals surface area contributed by atoms with Gasteiger partial charge in [0.25, 0.3) is 0 Å². The van der Waals surface area contributed by atoms with E-state index in [1.807, 2.05) is 22.7 Å². The summed E-state index contributed by atoms with van der Waals surface area (Å²) in [6, 6.07) is 39.2. The van der Waals surface area contributed by atoms with Gasteiger partial charge in [-0.15, -0.1) is 22.7 Å². The summed E-state index contributed by atoms with van der Waals surface area (Å²) in [5.41, 5.74) is 20.8. The molecule has 11 rings (SSSR count). The van der Waals surface area contributed by atoms with Crippen LogP contribution in [0.25, 0.3) is 30.3 Å². The molecule has 0 spiro atoms. The van der Waals surface area contributed by atoms with Gasteiger partial charge in [0.05, 0.1) is 17.1 Å². The van der Waals surface area contributed by atoms with E-state index in [1.54, 1.807) is 0 Å². The molecule has 4 heteroatoms. The molecule has 69 heavy (non-hydrogen) atoms. The average molecular weight is 947 g/mol. The van der Waals surface area contributed by atoms with Crippen LogP contribution in [-0.2, 0) is 32.5 Å². The molecule has 0 amide bonds. The molecule has 6 aromatic carbocycles. The van der Waals surface area contributed by atoms with Gasteiger partial charge in [-0.1, -0.05) is 133 Å². The Bertz CT molecular complexity index is 3420. The zero-order chi connectivity index (χ0) is 49.1. The number of benzene rings is 6. The highest BCUT2D eigenvalue weighted by Crippen LogP contribution is 2.62. The molecule has 0 bridgehead atoms. The Hall–Kier alpha value is -4.90. The molecule has 1 aliphatic heterocycles. The minimum Gasteiger partial charge on any atom is -0.355 e. The van der Waals surface area contributed by atoms with Crippen LogP contribution in [0.2, 0.25) is 0 Å². The van der Waals surface area contributed by atoms with Gasteiger partial charge >= 0.3 is 0 Å². The zero-order valence-electron chi connectivity index (χ0n) is 44.4. The first-order chi connectivity index (χ1) is 32.2. The van der Waals surface area contributed by atoms with E-state index in [-0.39, 0.29) is 38.4 Å². The van der Waals surface area contributed by atoms with Crippen LogP contribution in [0.1, 0.15) is 189 Å². The largest absolute Gasteiger partial charge is 0.355 e. The number of aryl methyl sites for hydroxylation is 2. The first-order valence-corrected chi connectivity index (χ1v) is 27.4. The van der Waals surface area contributed by atoms with Crippen molar-refractivity contribution in [3.63, 3.8) is 0 Å². The van der Waals surface area contributed by atoms with Crippen molar-refractivity contribution >= 4 is 81.4 Å². The summed E-state index contributed by atoms with van der Waals surface area (Å²) >= 11 is 3.94. The van der Waals surface area contributed by atoms with Crippen molar-refractivity contribution in [2.45, 2.75) is 175 Å². The van der Waals surface area contributed by atoms with Gasteiger partial charge < -0.3 is 10.2 Å². The lowest BCUT2D eigenvalue weighted by molar-refractivity contribution is 0.331. The Kier molecular flexibility index (Phi) is 10.3. The van der Waals surface area contributed by atoms with Crippen LogP contribution in [0.4, 0.5) is 28.4 Å².